The van der Waals surface area contributed by atoms with Crippen LogP contribution in [-0.2, 0) is 6.42 Å². The zero-order chi connectivity index (χ0) is 8.81. The predicted molar refractivity (Wildman–Crippen MR) is 54.1 cm³/mol. The minimum Gasteiger partial charge on any atom is -0.0955 e. The third-order valence-electron chi connectivity index (χ3n) is 1.68. The van der Waals surface area contributed by atoms with Gasteiger partial charge in [0.05, 0.1) is 0 Å². The second-order valence-corrected chi connectivity index (χ2v) is 2.82. The van der Waals surface area contributed by atoms with Crippen LogP contribution in [0.15, 0.2) is 54.6 Å². The standard InChI is InChI=1S/C12H14/c1-3-7-11(2)10-12-8-5-4-6-9-12/h3-9H,2,10H2,1H3/b7-3+. The van der Waals surface area contributed by atoms with E-state index in [1.807, 2.05) is 25.1 Å². The average Bonchev–Trinajstić information content (AvgIpc) is 2.06. The molecule has 0 spiro atoms. The summed E-state index contributed by atoms with van der Waals surface area (Å²) in [6, 6.07) is 10.4. The van der Waals surface area contributed by atoms with Crippen LogP contribution in [0.5, 0.6) is 0 Å². The Hall–Kier alpha value is -1.30. The quantitative estimate of drug-likeness (QED) is 0.592. The number of rotatable bonds is 3. The maximum Gasteiger partial charge on any atom is -0.00318 e. The molecule has 1 aromatic rings. The minimum absolute atomic E-state index is 0.950. The smallest absolute Gasteiger partial charge is 0.00318 e. The van der Waals surface area contributed by atoms with E-state index < -0.39 is 0 Å². The summed E-state index contributed by atoms with van der Waals surface area (Å²) in [7, 11) is 0. The highest BCUT2D eigenvalue weighted by molar-refractivity contribution is 5.25. The van der Waals surface area contributed by atoms with Crippen molar-refractivity contribution in [1.29, 1.82) is 0 Å². The van der Waals surface area contributed by atoms with Crippen LogP contribution in [0.3, 0.4) is 0 Å². The molecule has 0 aromatic heterocycles. The summed E-state index contributed by atoms with van der Waals surface area (Å²) in [5.74, 6) is 0. The molecule has 0 heterocycles. The van der Waals surface area contributed by atoms with Crippen molar-refractivity contribution in [1.82, 2.24) is 0 Å². The van der Waals surface area contributed by atoms with Crippen LogP contribution in [0.1, 0.15) is 12.5 Å². The van der Waals surface area contributed by atoms with E-state index in [1.54, 1.807) is 0 Å². The largest absolute Gasteiger partial charge is 0.0955 e. The van der Waals surface area contributed by atoms with Crippen LogP contribution >= 0.6 is 0 Å². The molecule has 0 unspecified atom stereocenters. The van der Waals surface area contributed by atoms with E-state index in [0.717, 1.165) is 12.0 Å². The first kappa shape index (κ1) is 8.79. The summed E-state index contributed by atoms with van der Waals surface area (Å²) in [5.41, 5.74) is 2.48. The Bertz CT molecular complexity index is 267. The summed E-state index contributed by atoms with van der Waals surface area (Å²) in [5, 5.41) is 0. The fourth-order valence-corrected chi connectivity index (χ4v) is 1.15. The van der Waals surface area contributed by atoms with Gasteiger partial charge in [-0.05, 0) is 18.9 Å². The molecule has 62 valence electrons. The lowest BCUT2D eigenvalue weighted by atomic mass is 10.1. The lowest BCUT2D eigenvalue weighted by Crippen LogP contribution is -1.84. The molecular weight excluding hydrogens is 144 g/mol. The normalized spacial score (nSPS) is 10.4. The Morgan fingerprint density at radius 1 is 1.33 bits per heavy atom. The second kappa shape index (κ2) is 4.55. The number of hydrogen-bond donors (Lipinski definition) is 0. The number of hydrogen-bond acceptors (Lipinski definition) is 0. The molecule has 0 aliphatic carbocycles. The van der Waals surface area contributed by atoms with Gasteiger partial charge in [0.1, 0.15) is 0 Å². The van der Waals surface area contributed by atoms with Crippen LogP contribution in [0.2, 0.25) is 0 Å². The average molecular weight is 158 g/mol. The van der Waals surface area contributed by atoms with Crippen LogP contribution in [-0.4, -0.2) is 0 Å². The van der Waals surface area contributed by atoms with Gasteiger partial charge in [-0.3, -0.25) is 0 Å². The van der Waals surface area contributed by atoms with Crippen molar-refractivity contribution in [2.24, 2.45) is 0 Å². The molecule has 0 heteroatoms. The van der Waals surface area contributed by atoms with Gasteiger partial charge in [0.15, 0.2) is 0 Å². The Morgan fingerprint density at radius 3 is 2.58 bits per heavy atom. The van der Waals surface area contributed by atoms with Crippen molar-refractivity contribution >= 4 is 0 Å². The lowest BCUT2D eigenvalue weighted by Gasteiger charge is -1.99. The van der Waals surface area contributed by atoms with Crippen molar-refractivity contribution in [2.75, 3.05) is 0 Å². The van der Waals surface area contributed by atoms with Gasteiger partial charge in [0.2, 0.25) is 0 Å². The number of benzene rings is 1. The highest BCUT2D eigenvalue weighted by Crippen LogP contribution is 2.06. The van der Waals surface area contributed by atoms with Crippen LogP contribution in [0, 0.1) is 0 Å². The molecule has 0 saturated carbocycles. The van der Waals surface area contributed by atoms with E-state index >= 15 is 0 Å². The van der Waals surface area contributed by atoms with Gasteiger partial charge in [-0.15, -0.1) is 0 Å². The third kappa shape index (κ3) is 2.75. The van der Waals surface area contributed by atoms with Gasteiger partial charge in [-0.25, -0.2) is 0 Å². The summed E-state index contributed by atoms with van der Waals surface area (Å²) in [6.45, 7) is 5.96. The topological polar surface area (TPSA) is 0 Å². The van der Waals surface area contributed by atoms with Gasteiger partial charge in [0.25, 0.3) is 0 Å². The predicted octanol–water partition coefficient (Wildman–Crippen LogP) is 3.36. The highest BCUT2D eigenvalue weighted by Gasteiger charge is 1.91. The van der Waals surface area contributed by atoms with Crippen molar-refractivity contribution < 1.29 is 0 Å². The molecule has 0 atom stereocenters. The SMILES string of the molecule is C=C(/C=C/C)Cc1ccccc1. The molecule has 12 heavy (non-hydrogen) atoms. The Labute approximate surface area is 74.2 Å². The van der Waals surface area contributed by atoms with Crippen molar-refractivity contribution in [3.8, 4) is 0 Å². The third-order valence-corrected chi connectivity index (χ3v) is 1.68. The monoisotopic (exact) mass is 158 g/mol. The highest BCUT2D eigenvalue weighted by atomic mass is 14.0. The molecular formula is C12H14. The molecule has 0 radical (unpaired) electrons. The second-order valence-electron chi connectivity index (χ2n) is 2.82. The minimum atomic E-state index is 0.950. The molecule has 0 N–H and O–H groups in total. The molecule has 0 amide bonds. The van der Waals surface area contributed by atoms with E-state index in [9.17, 15) is 0 Å². The first-order chi connectivity index (χ1) is 5.83. The van der Waals surface area contributed by atoms with E-state index in [0.29, 0.717) is 0 Å². The molecule has 1 aromatic carbocycles. The van der Waals surface area contributed by atoms with Gasteiger partial charge in [-0.2, -0.15) is 0 Å². The van der Waals surface area contributed by atoms with Crippen molar-refractivity contribution in [3.05, 3.63) is 60.2 Å². The fraction of sp³-hybridized carbons (Fsp3) is 0.167. The molecule has 0 nitrogen and oxygen atoms in total. The van der Waals surface area contributed by atoms with Crippen molar-refractivity contribution in [3.63, 3.8) is 0 Å². The molecule has 0 aliphatic heterocycles. The first-order valence-electron chi connectivity index (χ1n) is 4.17. The summed E-state index contributed by atoms with van der Waals surface area (Å²) in [4.78, 5) is 0. The van der Waals surface area contributed by atoms with Crippen LogP contribution < -0.4 is 0 Å². The van der Waals surface area contributed by atoms with Gasteiger partial charge < -0.3 is 0 Å². The van der Waals surface area contributed by atoms with Gasteiger partial charge >= 0.3 is 0 Å². The summed E-state index contributed by atoms with van der Waals surface area (Å²) >= 11 is 0. The van der Waals surface area contributed by atoms with Crippen LogP contribution in [0.25, 0.3) is 0 Å². The molecule has 0 aliphatic rings. The molecule has 1 rings (SSSR count). The van der Waals surface area contributed by atoms with E-state index in [1.165, 1.54) is 5.56 Å². The van der Waals surface area contributed by atoms with E-state index in [2.05, 4.69) is 30.8 Å². The lowest BCUT2D eigenvalue weighted by molar-refractivity contribution is 1.20. The maximum absolute atomic E-state index is 3.95. The van der Waals surface area contributed by atoms with E-state index in [-0.39, 0.29) is 0 Å². The fourth-order valence-electron chi connectivity index (χ4n) is 1.15. The van der Waals surface area contributed by atoms with Gasteiger partial charge in [0, 0.05) is 0 Å². The Balaban J connectivity index is 2.59. The Kier molecular flexibility index (Phi) is 3.34. The zero-order valence-electron chi connectivity index (χ0n) is 7.46. The Morgan fingerprint density at radius 2 is 2.00 bits per heavy atom. The number of allylic oxidation sites excluding steroid dienone is 3. The van der Waals surface area contributed by atoms with Gasteiger partial charge in [-0.1, -0.05) is 54.6 Å². The zero-order valence-corrected chi connectivity index (χ0v) is 7.46. The summed E-state index contributed by atoms with van der Waals surface area (Å²) < 4.78 is 0. The molecule has 0 saturated heterocycles. The molecule has 0 bridgehead atoms. The van der Waals surface area contributed by atoms with E-state index in [4.69, 9.17) is 0 Å². The first-order valence-corrected chi connectivity index (χ1v) is 4.17. The molecule has 0 fully saturated rings. The van der Waals surface area contributed by atoms with Crippen molar-refractivity contribution in [2.45, 2.75) is 13.3 Å². The maximum atomic E-state index is 3.95. The van der Waals surface area contributed by atoms with Crippen LogP contribution in [0.4, 0.5) is 0 Å². The summed E-state index contributed by atoms with van der Waals surface area (Å²) in [6.07, 6.45) is 5.02.